The Balaban J connectivity index is 1.70. The molecule has 2 fully saturated rings. The highest BCUT2D eigenvalue weighted by molar-refractivity contribution is 6.21. The summed E-state index contributed by atoms with van der Waals surface area (Å²) >= 11 is 5.92. The van der Waals surface area contributed by atoms with Crippen molar-refractivity contribution in [2.24, 2.45) is 5.92 Å². The highest BCUT2D eigenvalue weighted by Gasteiger charge is 2.33. The van der Waals surface area contributed by atoms with E-state index in [4.69, 9.17) is 21.1 Å². The molecule has 0 spiro atoms. The summed E-state index contributed by atoms with van der Waals surface area (Å²) in [5, 5.41) is -0.364. The van der Waals surface area contributed by atoms with Crippen molar-refractivity contribution in [2.45, 2.75) is 62.8 Å². The zero-order valence-electron chi connectivity index (χ0n) is 10.4. The van der Waals surface area contributed by atoms with Crippen LogP contribution in [-0.2, 0) is 9.47 Å². The van der Waals surface area contributed by atoms with Crippen LogP contribution < -0.4 is 0 Å². The van der Waals surface area contributed by atoms with Gasteiger partial charge in [0.15, 0.2) is 0 Å². The Morgan fingerprint density at radius 3 is 2.82 bits per heavy atom. The molecule has 0 N–H and O–H groups in total. The van der Waals surface area contributed by atoms with Gasteiger partial charge in [-0.2, -0.15) is 0 Å². The Kier molecular flexibility index (Phi) is 5.07. The van der Waals surface area contributed by atoms with Gasteiger partial charge in [0.25, 0.3) is 0 Å². The van der Waals surface area contributed by atoms with Crippen LogP contribution in [0.4, 0.5) is 4.39 Å². The second-order valence-electron chi connectivity index (χ2n) is 5.35. The SMILES string of the molecule is CC1CCC(COC2CCCC(Cl)C2F)CO1. The Morgan fingerprint density at radius 2 is 2.12 bits per heavy atom. The van der Waals surface area contributed by atoms with Gasteiger partial charge < -0.3 is 9.47 Å². The van der Waals surface area contributed by atoms with E-state index in [2.05, 4.69) is 6.92 Å². The predicted octanol–water partition coefficient (Wildman–Crippen LogP) is 3.32. The van der Waals surface area contributed by atoms with Crippen molar-refractivity contribution >= 4 is 11.6 Å². The maximum atomic E-state index is 13.8. The Bertz CT molecular complexity index is 231. The number of ether oxygens (including phenoxy) is 2. The molecule has 2 nitrogen and oxygen atoms in total. The molecule has 17 heavy (non-hydrogen) atoms. The van der Waals surface area contributed by atoms with Crippen LogP contribution in [0.5, 0.6) is 0 Å². The molecule has 0 aromatic carbocycles. The van der Waals surface area contributed by atoms with Crippen LogP contribution in [0.25, 0.3) is 0 Å². The van der Waals surface area contributed by atoms with E-state index in [1.807, 2.05) is 0 Å². The first-order chi connectivity index (χ1) is 8.16. The lowest BCUT2D eigenvalue weighted by Gasteiger charge is -2.32. The van der Waals surface area contributed by atoms with Crippen molar-refractivity contribution < 1.29 is 13.9 Å². The molecule has 1 aliphatic carbocycles. The van der Waals surface area contributed by atoms with E-state index in [1.54, 1.807) is 0 Å². The number of alkyl halides is 2. The summed E-state index contributed by atoms with van der Waals surface area (Å²) in [5.74, 6) is 0.425. The lowest BCUT2D eigenvalue weighted by molar-refractivity contribution is -0.0746. The molecule has 0 aromatic heterocycles. The topological polar surface area (TPSA) is 18.5 Å². The van der Waals surface area contributed by atoms with Gasteiger partial charge >= 0.3 is 0 Å². The highest BCUT2D eigenvalue weighted by Crippen LogP contribution is 2.29. The number of rotatable bonds is 3. The minimum atomic E-state index is -1.01. The van der Waals surface area contributed by atoms with E-state index in [0.29, 0.717) is 18.6 Å². The van der Waals surface area contributed by atoms with Gasteiger partial charge in [0.05, 0.1) is 30.8 Å². The van der Waals surface area contributed by atoms with Crippen molar-refractivity contribution in [3.05, 3.63) is 0 Å². The summed E-state index contributed by atoms with van der Waals surface area (Å²) in [6, 6.07) is 0. The van der Waals surface area contributed by atoms with Crippen LogP contribution in [0.2, 0.25) is 0 Å². The van der Waals surface area contributed by atoms with Crippen LogP contribution in [0.15, 0.2) is 0 Å². The lowest BCUT2D eigenvalue weighted by atomic mass is 9.95. The third kappa shape index (κ3) is 3.80. The summed E-state index contributed by atoms with van der Waals surface area (Å²) in [6.45, 7) is 3.45. The molecule has 2 rings (SSSR count). The molecule has 4 heteroatoms. The van der Waals surface area contributed by atoms with Gasteiger partial charge in [-0.05, 0) is 39.0 Å². The summed E-state index contributed by atoms with van der Waals surface area (Å²) in [7, 11) is 0. The molecule has 0 amide bonds. The first-order valence-electron chi connectivity index (χ1n) is 6.68. The first kappa shape index (κ1) is 13.6. The van der Waals surface area contributed by atoms with E-state index < -0.39 is 6.17 Å². The van der Waals surface area contributed by atoms with Gasteiger partial charge in [0, 0.05) is 5.92 Å². The fourth-order valence-corrected chi connectivity index (χ4v) is 2.89. The van der Waals surface area contributed by atoms with Gasteiger partial charge in [-0.25, -0.2) is 4.39 Å². The summed E-state index contributed by atoms with van der Waals surface area (Å²) in [5.41, 5.74) is 0. The number of hydrogen-bond acceptors (Lipinski definition) is 2. The van der Waals surface area contributed by atoms with E-state index >= 15 is 0 Å². The zero-order valence-corrected chi connectivity index (χ0v) is 11.2. The van der Waals surface area contributed by atoms with Gasteiger partial charge in [-0.15, -0.1) is 11.6 Å². The largest absolute Gasteiger partial charge is 0.378 e. The van der Waals surface area contributed by atoms with Crippen molar-refractivity contribution in [3.63, 3.8) is 0 Å². The molecular formula is C13H22ClFO2. The summed E-state index contributed by atoms with van der Waals surface area (Å²) in [4.78, 5) is 0. The Morgan fingerprint density at radius 1 is 1.29 bits per heavy atom. The molecule has 0 bridgehead atoms. The number of halogens is 2. The quantitative estimate of drug-likeness (QED) is 0.728. The monoisotopic (exact) mass is 264 g/mol. The molecule has 2 aliphatic rings. The third-order valence-electron chi connectivity index (χ3n) is 3.81. The molecule has 1 heterocycles. The molecule has 0 radical (unpaired) electrons. The van der Waals surface area contributed by atoms with Crippen molar-refractivity contribution in [2.75, 3.05) is 13.2 Å². The Hall–Kier alpha value is 0.140. The minimum Gasteiger partial charge on any atom is -0.378 e. The van der Waals surface area contributed by atoms with E-state index in [9.17, 15) is 4.39 Å². The van der Waals surface area contributed by atoms with Gasteiger partial charge in [-0.1, -0.05) is 0 Å². The maximum Gasteiger partial charge on any atom is 0.142 e. The van der Waals surface area contributed by atoms with Crippen LogP contribution in [-0.4, -0.2) is 37.0 Å². The zero-order chi connectivity index (χ0) is 12.3. The third-order valence-corrected chi connectivity index (χ3v) is 4.27. The van der Waals surface area contributed by atoms with Crippen molar-refractivity contribution in [1.82, 2.24) is 0 Å². The molecular weight excluding hydrogens is 243 g/mol. The van der Waals surface area contributed by atoms with Crippen LogP contribution in [0.1, 0.15) is 39.0 Å². The first-order valence-corrected chi connectivity index (χ1v) is 7.12. The van der Waals surface area contributed by atoms with Gasteiger partial charge in [0.2, 0.25) is 0 Å². The molecule has 1 aliphatic heterocycles. The normalized spacial score (nSPS) is 43.6. The molecule has 100 valence electrons. The number of hydrogen-bond donors (Lipinski definition) is 0. The van der Waals surface area contributed by atoms with Crippen LogP contribution >= 0.6 is 11.6 Å². The molecule has 5 atom stereocenters. The van der Waals surface area contributed by atoms with Gasteiger partial charge in [0.1, 0.15) is 6.17 Å². The average molecular weight is 265 g/mol. The maximum absolute atomic E-state index is 13.8. The smallest absolute Gasteiger partial charge is 0.142 e. The fourth-order valence-electron chi connectivity index (χ4n) is 2.57. The Labute approximate surface area is 108 Å². The molecule has 5 unspecified atom stereocenters. The average Bonchev–Trinajstić information content (AvgIpc) is 2.33. The molecule has 1 saturated carbocycles. The second-order valence-corrected chi connectivity index (χ2v) is 5.91. The minimum absolute atomic E-state index is 0.300. The molecule has 0 aromatic rings. The predicted molar refractivity (Wildman–Crippen MR) is 66.3 cm³/mol. The standard InChI is InChI=1S/C13H22ClFO2/c1-9-5-6-10(7-16-9)8-17-12-4-2-3-11(14)13(12)15/h9-13H,2-8H2,1H3. The van der Waals surface area contributed by atoms with E-state index in [0.717, 1.165) is 38.7 Å². The lowest BCUT2D eigenvalue weighted by Crippen LogP contribution is -2.38. The van der Waals surface area contributed by atoms with Crippen LogP contribution in [0, 0.1) is 5.92 Å². The second kappa shape index (κ2) is 6.35. The van der Waals surface area contributed by atoms with Crippen LogP contribution in [0.3, 0.4) is 0 Å². The fraction of sp³-hybridized carbons (Fsp3) is 1.00. The van der Waals surface area contributed by atoms with Gasteiger partial charge in [-0.3, -0.25) is 0 Å². The summed E-state index contributed by atoms with van der Waals surface area (Å²) in [6.07, 6.45) is 3.80. The summed E-state index contributed by atoms with van der Waals surface area (Å²) < 4.78 is 25.0. The molecule has 1 saturated heterocycles. The van der Waals surface area contributed by atoms with Crippen molar-refractivity contribution in [3.8, 4) is 0 Å². The van der Waals surface area contributed by atoms with E-state index in [-0.39, 0.29) is 11.5 Å². The highest BCUT2D eigenvalue weighted by atomic mass is 35.5. The van der Waals surface area contributed by atoms with E-state index in [1.165, 1.54) is 0 Å². The van der Waals surface area contributed by atoms with Crippen molar-refractivity contribution in [1.29, 1.82) is 0 Å².